The second kappa shape index (κ2) is 5.46. The number of hydrogen-bond donors (Lipinski definition) is 2. The molecule has 0 bridgehead atoms. The van der Waals surface area contributed by atoms with Crippen LogP contribution < -0.4 is 10.1 Å². The molecule has 88 valence electrons. The first-order valence-electron chi connectivity index (χ1n) is 4.86. The molecular formula is C11H14FNO3. The SMILES string of the molecule is CNCc1cc(F)cc(OC(C)C(=O)O)c1. The molecule has 1 atom stereocenters. The fourth-order valence-electron chi connectivity index (χ4n) is 1.25. The number of aliphatic carboxylic acids is 1. The monoisotopic (exact) mass is 227 g/mol. The standard InChI is InChI=1S/C11H14FNO3/c1-7(11(14)15)16-10-4-8(6-13-2)3-9(12)5-10/h3-5,7,13H,6H2,1-2H3,(H,14,15). The van der Waals surface area contributed by atoms with Crippen LogP contribution in [-0.4, -0.2) is 24.2 Å². The minimum Gasteiger partial charge on any atom is -0.479 e. The highest BCUT2D eigenvalue weighted by molar-refractivity contribution is 5.72. The van der Waals surface area contributed by atoms with Crippen molar-refractivity contribution in [1.29, 1.82) is 0 Å². The third-order valence-corrected chi connectivity index (χ3v) is 1.97. The van der Waals surface area contributed by atoms with Crippen molar-refractivity contribution in [3.63, 3.8) is 0 Å². The van der Waals surface area contributed by atoms with Gasteiger partial charge in [-0.15, -0.1) is 0 Å². The zero-order valence-electron chi connectivity index (χ0n) is 9.16. The number of ether oxygens (including phenoxy) is 1. The summed E-state index contributed by atoms with van der Waals surface area (Å²) < 4.78 is 18.2. The van der Waals surface area contributed by atoms with Crippen LogP contribution in [0.15, 0.2) is 18.2 Å². The van der Waals surface area contributed by atoms with E-state index in [1.54, 1.807) is 13.1 Å². The number of hydrogen-bond acceptors (Lipinski definition) is 3. The topological polar surface area (TPSA) is 58.6 Å². The molecule has 0 saturated carbocycles. The molecule has 0 radical (unpaired) electrons. The molecular weight excluding hydrogens is 213 g/mol. The molecule has 5 heteroatoms. The minimum atomic E-state index is -1.08. The Morgan fingerprint density at radius 3 is 2.81 bits per heavy atom. The lowest BCUT2D eigenvalue weighted by atomic mass is 10.2. The Hall–Kier alpha value is -1.62. The zero-order valence-corrected chi connectivity index (χ0v) is 9.16. The Morgan fingerprint density at radius 2 is 2.25 bits per heavy atom. The minimum absolute atomic E-state index is 0.222. The molecule has 4 nitrogen and oxygen atoms in total. The van der Waals surface area contributed by atoms with Crippen LogP contribution in [0.1, 0.15) is 12.5 Å². The van der Waals surface area contributed by atoms with Gasteiger partial charge < -0.3 is 15.2 Å². The molecule has 0 amide bonds. The van der Waals surface area contributed by atoms with Crippen molar-refractivity contribution in [1.82, 2.24) is 5.32 Å². The van der Waals surface area contributed by atoms with Gasteiger partial charge in [-0.05, 0) is 31.7 Å². The van der Waals surface area contributed by atoms with E-state index in [-0.39, 0.29) is 5.75 Å². The van der Waals surface area contributed by atoms with Crippen molar-refractivity contribution in [2.24, 2.45) is 0 Å². The summed E-state index contributed by atoms with van der Waals surface area (Å²) in [5.74, 6) is -1.31. The van der Waals surface area contributed by atoms with Gasteiger partial charge >= 0.3 is 5.97 Å². The molecule has 2 N–H and O–H groups in total. The predicted octanol–water partition coefficient (Wildman–Crippen LogP) is 1.40. The molecule has 0 aliphatic heterocycles. The van der Waals surface area contributed by atoms with Gasteiger partial charge in [0.25, 0.3) is 0 Å². The molecule has 0 heterocycles. The van der Waals surface area contributed by atoms with Crippen LogP contribution in [0.25, 0.3) is 0 Å². The maximum atomic E-state index is 13.1. The summed E-state index contributed by atoms with van der Waals surface area (Å²) in [6.07, 6.45) is -0.996. The first kappa shape index (κ1) is 12.4. The lowest BCUT2D eigenvalue weighted by molar-refractivity contribution is -0.144. The second-order valence-electron chi connectivity index (χ2n) is 3.42. The average Bonchev–Trinajstić information content (AvgIpc) is 2.16. The first-order chi connectivity index (χ1) is 7.52. The summed E-state index contributed by atoms with van der Waals surface area (Å²) in [6, 6.07) is 4.15. The van der Waals surface area contributed by atoms with E-state index in [4.69, 9.17) is 9.84 Å². The molecule has 0 aromatic heterocycles. The van der Waals surface area contributed by atoms with Crippen LogP contribution in [0.3, 0.4) is 0 Å². The lowest BCUT2D eigenvalue weighted by Gasteiger charge is -2.11. The van der Waals surface area contributed by atoms with Crippen LogP contribution in [0.4, 0.5) is 4.39 Å². The predicted molar refractivity (Wildman–Crippen MR) is 56.9 cm³/mol. The number of halogens is 1. The van der Waals surface area contributed by atoms with Crippen LogP contribution in [0, 0.1) is 5.82 Å². The van der Waals surface area contributed by atoms with Gasteiger partial charge in [-0.3, -0.25) is 0 Å². The van der Waals surface area contributed by atoms with Gasteiger partial charge in [0.2, 0.25) is 0 Å². The fraction of sp³-hybridized carbons (Fsp3) is 0.364. The van der Waals surface area contributed by atoms with Gasteiger partial charge in [-0.2, -0.15) is 0 Å². The Morgan fingerprint density at radius 1 is 1.56 bits per heavy atom. The van der Waals surface area contributed by atoms with Crippen LogP contribution in [-0.2, 0) is 11.3 Å². The van der Waals surface area contributed by atoms with Gasteiger partial charge in [0.1, 0.15) is 11.6 Å². The van der Waals surface area contributed by atoms with Crippen molar-refractivity contribution in [3.8, 4) is 5.75 Å². The van der Waals surface area contributed by atoms with Crippen molar-refractivity contribution < 1.29 is 19.0 Å². The Bertz CT molecular complexity index is 381. The smallest absolute Gasteiger partial charge is 0.344 e. The molecule has 0 aliphatic rings. The van der Waals surface area contributed by atoms with Gasteiger partial charge in [0.15, 0.2) is 6.10 Å². The summed E-state index contributed by atoms with van der Waals surface area (Å²) in [5.41, 5.74) is 0.704. The summed E-state index contributed by atoms with van der Waals surface area (Å²) >= 11 is 0. The van der Waals surface area contributed by atoms with Crippen LogP contribution >= 0.6 is 0 Å². The summed E-state index contributed by atoms with van der Waals surface area (Å²) in [4.78, 5) is 10.6. The van der Waals surface area contributed by atoms with Crippen molar-refractivity contribution in [2.45, 2.75) is 19.6 Å². The number of rotatable bonds is 5. The molecule has 16 heavy (non-hydrogen) atoms. The molecule has 1 aromatic rings. The zero-order chi connectivity index (χ0) is 12.1. The summed E-state index contributed by atoms with van der Waals surface area (Å²) in [7, 11) is 1.74. The van der Waals surface area contributed by atoms with Gasteiger partial charge in [0.05, 0.1) is 0 Å². The number of carbonyl (C=O) groups is 1. The highest BCUT2D eigenvalue weighted by atomic mass is 19.1. The number of carboxylic acid groups (broad SMARTS) is 1. The molecule has 0 spiro atoms. The molecule has 0 saturated heterocycles. The first-order valence-corrected chi connectivity index (χ1v) is 4.86. The summed E-state index contributed by atoms with van der Waals surface area (Å²) in [6.45, 7) is 1.89. The number of benzene rings is 1. The lowest BCUT2D eigenvalue weighted by Crippen LogP contribution is -2.23. The third kappa shape index (κ3) is 3.51. The molecule has 1 unspecified atom stereocenters. The normalized spacial score (nSPS) is 12.2. The van der Waals surface area contributed by atoms with Crippen molar-refractivity contribution in [3.05, 3.63) is 29.6 Å². The number of nitrogens with one attached hydrogen (secondary N) is 1. The van der Waals surface area contributed by atoms with E-state index in [1.165, 1.54) is 19.1 Å². The number of carboxylic acids is 1. The van der Waals surface area contributed by atoms with Crippen LogP contribution in [0.5, 0.6) is 5.75 Å². The Balaban J connectivity index is 2.83. The van der Waals surface area contributed by atoms with E-state index >= 15 is 0 Å². The van der Waals surface area contributed by atoms with Crippen molar-refractivity contribution >= 4 is 5.97 Å². The molecule has 0 aliphatic carbocycles. The fourth-order valence-corrected chi connectivity index (χ4v) is 1.25. The Labute approximate surface area is 93.0 Å². The third-order valence-electron chi connectivity index (χ3n) is 1.97. The van der Waals surface area contributed by atoms with Gasteiger partial charge in [0, 0.05) is 12.6 Å². The van der Waals surface area contributed by atoms with Gasteiger partial charge in [-0.1, -0.05) is 0 Å². The highest BCUT2D eigenvalue weighted by Crippen LogP contribution is 2.17. The van der Waals surface area contributed by atoms with E-state index in [9.17, 15) is 9.18 Å². The van der Waals surface area contributed by atoms with E-state index in [0.717, 1.165) is 0 Å². The Kier molecular flexibility index (Phi) is 4.25. The second-order valence-corrected chi connectivity index (χ2v) is 3.42. The highest BCUT2D eigenvalue weighted by Gasteiger charge is 2.13. The molecule has 0 fully saturated rings. The van der Waals surface area contributed by atoms with Crippen LogP contribution in [0.2, 0.25) is 0 Å². The van der Waals surface area contributed by atoms with Gasteiger partial charge in [-0.25, -0.2) is 9.18 Å². The molecule has 1 rings (SSSR count). The van der Waals surface area contributed by atoms with Crippen molar-refractivity contribution in [2.75, 3.05) is 7.05 Å². The van der Waals surface area contributed by atoms with E-state index < -0.39 is 17.9 Å². The maximum absolute atomic E-state index is 13.1. The maximum Gasteiger partial charge on any atom is 0.344 e. The quantitative estimate of drug-likeness (QED) is 0.798. The summed E-state index contributed by atoms with van der Waals surface area (Å²) in [5, 5.41) is 11.5. The van der Waals surface area contributed by atoms with E-state index in [2.05, 4.69) is 5.32 Å². The largest absolute Gasteiger partial charge is 0.479 e. The molecule has 1 aromatic carbocycles. The average molecular weight is 227 g/mol. The van der Waals surface area contributed by atoms with E-state index in [0.29, 0.717) is 12.1 Å². The van der Waals surface area contributed by atoms with E-state index in [1.807, 2.05) is 0 Å².